The van der Waals surface area contributed by atoms with Crippen molar-refractivity contribution in [3.05, 3.63) is 18.2 Å². The minimum Gasteiger partial charge on any atom is -0.454 e. The molecule has 0 aromatic heterocycles. The molecule has 0 radical (unpaired) electrons. The molecule has 3 rings (SSSR count). The topological polar surface area (TPSA) is 39.7 Å². The van der Waals surface area contributed by atoms with Gasteiger partial charge in [-0.1, -0.05) is 0 Å². The summed E-state index contributed by atoms with van der Waals surface area (Å²) in [6, 6.07) is 6.46. The molecule has 2 aliphatic rings. The molecular formula is C14H19NO3. The van der Waals surface area contributed by atoms with Gasteiger partial charge >= 0.3 is 0 Å². The van der Waals surface area contributed by atoms with Crippen LogP contribution in [0.25, 0.3) is 0 Å². The molecule has 1 saturated heterocycles. The largest absolute Gasteiger partial charge is 0.454 e. The number of fused-ring (bicyclic) bond motifs is 1. The second-order valence-corrected chi connectivity index (χ2v) is 5.14. The second kappa shape index (κ2) is 4.69. The summed E-state index contributed by atoms with van der Waals surface area (Å²) < 4.78 is 16.4. The molecule has 0 amide bonds. The number of rotatable bonds is 2. The zero-order valence-electron chi connectivity index (χ0n) is 10.8. The first-order chi connectivity index (χ1) is 8.70. The highest BCUT2D eigenvalue weighted by Crippen LogP contribution is 2.35. The zero-order chi connectivity index (χ0) is 12.5. The lowest BCUT2D eigenvalue weighted by molar-refractivity contribution is -0.0337. The Morgan fingerprint density at radius 2 is 1.78 bits per heavy atom. The minimum atomic E-state index is 0.320. The summed E-state index contributed by atoms with van der Waals surface area (Å²) in [5, 5.41) is 3.56. The third kappa shape index (κ3) is 2.38. The molecule has 1 aromatic rings. The van der Waals surface area contributed by atoms with Crippen LogP contribution in [0.1, 0.15) is 26.7 Å². The van der Waals surface area contributed by atoms with Gasteiger partial charge in [-0.2, -0.15) is 0 Å². The van der Waals surface area contributed by atoms with Crippen LogP contribution in [0.5, 0.6) is 11.5 Å². The molecule has 1 N–H and O–H groups in total. The number of benzene rings is 1. The van der Waals surface area contributed by atoms with Gasteiger partial charge in [0.25, 0.3) is 0 Å². The van der Waals surface area contributed by atoms with Gasteiger partial charge in [0, 0.05) is 17.8 Å². The smallest absolute Gasteiger partial charge is 0.231 e. The Kier molecular flexibility index (Phi) is 3.04. The highest BCUT2D eigenvalue weighted by Gasteiger charge is 2.24. The molecule has 4 heteroatoms. The summed E-state index contributed by atoms with van der Waals surface area (Å²) in [7, 11) is 0. The summed E-state index contributed by atoms with van der Waals surface area (Å²) in [4.78, 5) is 0. The fourth-order valence-corrected chi connectivity index (χ4v) is 2.75. The summed E-state index contributed by atoms with van der Waals surface area (Å²) in [5.41, 5.74) is 1.09. The van der Waals surface area contributed by atoms with Crippen LogP contribution in [0.2, 0.25) is 0 Å². The van der Waals surface area contributed by atoms with Crippen LogP contribution in [0.15, 0.2) is 18.2 Å². The van der Waals surface area contributed by atoms with Crippen molar-refractivity contribution in [1.82, 2.24) is 0 Å². The SMILES string of the molecule is CC1CC(Nc2ccc3c(c2)OCO3)CC(C)O1. The first kappa shape index (κ1) is 11.7. The van der Waals surface area contributed by atoms with E-state index in [9.17, 15) is 0 Å². The Morgan fingerprint density at radius 1 is 1.06 bits per heavy atom. The molecule has 0 saturated carbocycles. The molecule has 98 valence electrons. The Balaban J connectivity index is 1.69. The second-order valence-electron chi connectivity index (χ2n) is 5.14. The van der Waals surface area contributed by atoms with Gasteiger partial charge in [0.1, 0.15) is 0 Å². The van der Waals surface area contributed by atoms with Gasteiger partial charge in [0.2, 0.25) is 6.79 Å². The van der Waals surface area contributed by atoms with Crippen LogP contribution in [0.4, 0.5) is 5.69 Å². The number of nitrogens with one attached hydrogen (secondary N) is 1. The van der Waals surface area contributed by atoms with E-state index in [1.54, 1.807) is 0 Å². The first-order valence-corrected chi connectivity index (χ1v) is 6.52. The predicted molar refractivity (Wildman–Crippen MR) is 69.2 cm³/mol. The Labute approximate surface area is 107 Å². The van der Waals surface area contributed by atoms with Crippen LogP contribution in [-0.2, 0) is 4.74 Å². The van der Waals surface area contributed by atoms with Gasteiger partial charge in [-0.3, -0.25) is 0 Å². The van der Waals surface area contributed by atoms with E-state index in [1.807, 2.05) is 18.2 Å². The van der Waals surface area contributed by atoms with E-state index in [4.69, 9.17) is 14.2 Å². The average Bonchev–Trinajstić information content (AvgIpc) is 2.74. The third-order valence-electron chi connectivity index (χ3n) is 3.44. The van der Waals surface area contributed by atoms with E-state index < -0.39 is 0 Å². The fourth-order valence-electron chi connectivity index (χ4n) is 2.75. The first-order valence-electron chi connectivity index (χ1n) is 6.52. The van der Waals surface area contributed by atoms with E-state index in [2.05, 4.69) is 19.2 Å². The maximum Gasteiger partial charge on any atom is 0.231 e. The van der Waals surface area contributed by atoms with Crippen molar-refractivity contribution in [1.29, 1.82) is 0 Å². The highest BCUT2D eigenvalue weighted by atomic mass is 16.7. The Bertz CT molecular complexity index is 425. The highest BCUT2D eigenvalue weighted by molar-refractivity contribution is 5.56. The molecule has 0 spiro atoms. The average molecular weight is 249 g/mol. The maximum absolute atomic E-state index is 5.74. The van der Waals surface area contributed by atoms with Crippen molar-refractivity contribution < 1.29 is 14.2 Å². The number of hydrogen-bond acceptors (Lipinski definition) is 4. The van der Waals surface area contributed by atoms with Gasteiger partial charge in [0.05, 0.1) is 12.2 Å². The van der Waals surface area contributed by atoms with Crippen LogP contribution in [0.3, 0.4) is 0 Å². The van der Waals surface area contributed by atoms with Crippen LogP contribution < -0.4 is 14.8 Å². The van der Waals surface area contributed by atoms with E-state index in [-0.39, 0.29) is 0 Å². The van der Waals surface area contributed by atoms with E-state index in [0.29, 0.717) is 25.0 Å². The Hall–Kier alpha value is -1.42. The monoisotopic (exact) mass is 249 g/mol. The standard InChI is InChI=1S/C14H19NO3/c1-9-5-12(6-10(2)18-9)15-11-3-4-13-14(7-11)17-8-16-13/h3-4,7,9-10,12,15H,5-6,8H2,1-2H3. The summed E-state index contributed by atoms with van der Waals surface area (Å²) in [5.74, 6) is 1.66. The molecule has 0 bridgehead atoms. The van der Waals surface area contributed by atoms with E-state index >= 15 is 0 Å². The van der Waals surface area contributed by atoms with Crippen molar-refractivity contribution in [2.24, 2.45) is 0 Å². The predicted octanol–water partition coefficient (Wildman–Crippen LogP) is 2.78. The maximum atomic E-state index is 5.74. The van der Waals surface area contributed by atoms with Gasteiger partial charge < -0.3 is 19.5 Å². The van der Waals surface area contributed by atoms with Crippen molar-refractivity contribution in [3.8, 4) is 11.5 Å². The molecule has 2 unspecified atom stereocenters. The molecule has 1 fully saturated rings. The normalized spacial score (nSPS) is 30.2. The van der Waals surface area contributed by atoms with Gasteiger partial charge in [-0.05, 0) is 38.8 Å². The van der Waals surface area contributed by atoms with Crippen molar-refractivity contribution >= 4 is 5.69 Å². The minimum absolute atomic E-state index is 0.320. The summed E-state index contributed by atoms with van der Waals surface area (Å²) in [6.45, 7) is 4.58. The Morgan fingerprint density at radius 3 is 2.56 bits per heavy atom. The summed E-state index contributed by atoms with van der Waals surface area (Å²) >= 11 is 0. The third-order valence-corrected chi connectivity index (χ3v) is 3.44. The molecule has 2 aliphatic heterocycles. The number of anilines is 1. The molecular weight excluding hydrogens is 230 g/mol. The molecule has 1 aromatic carbocycles. The summed E-state index contributed by atoms with van der Waals surface area (Å²) in [6.07, 6.45) is 2.72. The lowest BCUT2D eigenvalue weighted by Gasteiger charge is -2.33. The molecule has 2 atom stereocenters. The lowest BCUT2D eigenvalue weighted by atomic mass is 9.99. The zero-order valence-corrected chi connectivity index (χ0v) is 10.8. The molecule has 0 aliphatic carbocycles. The quantitative estimate of drug-likeness (QED) is 0.875. The van der Waals surface area contributed by atoms with Crippen molar-refractivity contribution in [2.45, 2.75) is 44.9 Å². The van der Waals surface area contributed by atoms with E-state index in [0.717, 1.165) is 30.0 Å². The van der Waals surface area contributed by atoms with Crippen LogP contribution in [0, 0.1) is 0 Å². The van der Waals surface area contributed by atoms with Gasteiger partial charge in [-0.15, -0.1) is 0 Å². The van der Waals surface area contributed by atoms with Crippen LogP contribution >= 0.6 is 0 Å². The number of hydrogen-bond donors (Lipinski definition) is 1. The van der Waals surface area contributed by atoms with Crippen LogP contribution in [-0.4, -0.2) is 25.0 Å². The molecule has 4 nitrogen and oxygen atoms in total. The number of ether oxygens (including phenoxy) is 3. The molecule has 2 heterocycles. The van der Waals surface area contributed by atoms with Crippen molar-refractivity contribution in [2.75, 3.05) is 12.1 Å². The lowest BCUT2D eigenvalue weighted by Crippen LogP contribution is -2.36. The van der Waals surface area contributed by atoms with E-state index in [1.165, 1.54) is 0 Å². The fraction of sp³-hybridized carbons (Fsp3) is 0.571. The van der Waals surface area contributed by atoms with Gasteiger partial charge in [0.15, 0.2) is 11.5 Å². The van der Waals surface area contributed by atoms with Gasteiger partial charge in [-0.25, -0.2) is 0 Å². The molecule has 18 heavy (non-hydrogen) atoms. The van der Waals surface area contributed by atoms with Crippen molar-refractivity contribution in [3.63, 3.8) is 0 Å².